The number of carbonyl (C=O) groups excluding carboxylic acids is 1. The number of imidazole rings is 2. The second-order valence-electron chi connectivity index (χ2n) is 8.64. The van der Waals surface area contributed by atoms with Gasteiger partial charge in [0.25, 0.3) is 0 Å². The monoisotopic (exact) mass is 399 g/mol. The van der Waals surface area contributed by atoms with Crippen LogP contribution in [0.2, 0.25) is 0 Å². The summed E-state index contributed by atoms with van der Waals surface area (Å²) >= 11 is 0. The summed E-state index contributed by atoms with van der Waals surface area (Å²) in [6, 6.07) is 0.236. The Balaban J connectivity index is 1.43. The Kier molecular flexibility index (Phi) is 6.01. The van der Waals surface area contributed by atoms with Crippen LogP contribution in [0.1, 0.15) is 37.1 Å². The first-order valence-corrected chi connectivity index (χ1v) is 10.7. The van der Waals surface area contributed by atoms with Crippen molar-refractivity contribution in [1.82, 2.24) is 34.6 Å². The van der Waals surface area contributed by atoms with Gasteiger partial charge in [-0.3, -0.25) is 9.69 Å². The zero-order chi connectivity index (χ0) is 20.3. The smallest absolute Gasteiger partial charge is 0.227 e. The lowest BCUT2D eigenvalue weighted by Gasteiger charge is -2.53. The summed E-state index contributed by atoms with van der Waals surface area (Å²) in [5.41, 5.74) is 1.92. The summed E-state index contributed by atoms with van der Waals surface area (Å²) < 4.78 is 2.05. The Bertz CT molecular complexity index is 802. The van der Waals surface area contributed by atoms with Crippen LogP contribution in [0.4, 0.5) is 0 Å². The molecule has 0 unspecified atom stereocenters. The Morgan fingerprint density at radius 3 is 3.03 bits per heavy atom. The van der Waals surface area contributed by atoms with E-state index >= 15 is 0 Å². The number of aromatic nitrogens is 4. The minimum absolute atomic E-state index is 0.236. The van der Waals surface area contributed by atoms with Gasteiger partial charge in [-0.1, -0.05) is 0 Å². The SMILES string of the molecule is Cc1[nH]cnc1CN1CCC[C@@]2(C(=O)NCCCn3ccnc3)CCN(C)C[C@H]12. The van der Waals surface area contributed by atoms with Crippen LogP contribution in [0, 0.1) is 12.3 Å². The number of nitrogens with one attached hydrogen (secondary N) is 2. The van der Waals surface area contributed by atoms with E-state index in [1.807, 2.05) is 12.5 Å². The predicted octanol–water partition coefficient (Wildman–Crippen LogP) is 1.41. The number of H-pyrrole nitrogens is 1. The molecule has 2 aromatic rings. The average molecular weight is 400 g/mol. The molecule has 0 saturated carbocycles. The molecule has 0 radical (unpaired) electrons. The van der Waals surface area contributed by atoms with Gasteiger partial charge < -0.3 is 19.8 Å². The third-order valence-electron chi connectivity index (χ3n) is 6.75. The Morgan fingerprint density at radius 1 is 1.38 bits per heavy atom. The molecule has 8 nitrogen and oxygen atoms in total. The van der Waals surface area contributed by atoms with Gasteiger partial charge in [-0.15, -0.1) is 0 Å². The van der Waals surface area contributed by atoms with Gasteiger partial charge in [0.15, 0.2) is 0 Å². The van der Waals surface area contributed by atoms with E-state index in [1.165, 1.54) is 0 Å². The quantitative estimate of drug-likeness (QED) is 0.688. The largest absolute Gasteiger partial charge is 0.356 e. The first-order chi connectivity index (χ1) is 14.1. The fraction of sp³-hybridized carbons (Fsp3) is 0.667. The molecule has 4 heterocycles. The number of rotatable bonds is 7. The summed E-state index contributed by atoms with van der Waals surface area (Å²) in [6.07, 6.45) is 11.2. The molecule has 1 amide bonds. The third kappa shape index (κ3) is 4.23. The van der Waals surface area contributed by atoms with Crippen molar-refractivity contribution in [2.24, 2.45) is 5.41 Å². The topological polar surface area (TPSA) is 82.1 Å². The average Bonchev–Trinajstić information content (AvgIpc) is 3.38. The van der Waals surface area contributed by atoms with E-state index in [0.29, 0.717) is 6.54 Å². The van der Waals surface area contributed by atoms with Crippen LogP contribution in [0.15, 0.2) is 25.0 Å². The van der Waals surface area contributed by atoms with E-state index in [0.717, 1.165) is 69.8 Å². The first-order valence-electron chi connectivity index (χ1n) is 10.7. The lowest BCUT2D eigenvalue weighted by Crippen LogP contribution is -2.65. The maximum absolute atomic E-state index is 13.4. The minimum Gasteiger partial charge on any atom is -0.356 e. The van der Waals surface area contributed by atoms with Crippen LogP contribution in [0.3, 0.4) is 0 Å². The molecule has 0 aliphatic carbocycles. The number of hydrogen-bond acceptors (Lipinski definition) is 5. The van der Waals surface area contributed by atoms with Crippen molar-refractivity contribution < 1.29 is 4.79 Å². The summed E-state index contributed by atoms with van der Waals surface area (Å²) in [4.78, 5) is 30.1. The lowest BCUT2D eigenvalue weighted by molar-refractivity contribution is -0.145. The number of nitrogens with zero attached hydrogens (tertiary/aromatic N) is 5. The first kappa shape index (κ1) is 20.1. The van der Waals surface area contributed by atoms with Gasteiger partial charge in [0.2, 0.25) is 5.91 Å². The van der Waals surface area contributed by atoms with Crippen LogP contribution in [-0.2, 0) is 17.9 Å². The van der Waals surface area contributed by atoms with Crippen molar-refractivity contribution >= 4 is 5.91 Å². The molecule has 2 atom stereocenters. The zero-order valence-corrected chi connectivity index (χ0v) is 17.6. The fourth-order valence-corrected chi connectivity index (χ4v) is 4.99. The molecule has 2 saturated heterocycles. The predicted molar refractivity (Wildman–Crippen MR) is 111 cm³/mol. The molecule has 0 bridgehead atoms. The van der Waals surface area contributed by atoms with E-state index in [1.54, 1.807) is 12.5 Å². The number of piperidine rings is 2. The summed E-state index contributed by atoms with van der Waals surface area (Å²) in [5, 5.41) is 3.27. The van der Waals surface area contributed by atoms with Crippen molar-refractivity contribution in [2.45, 2.75) is 51.7 Å². The number of likely N-dealkylation sites (tertiary alicyclic amines) is 2. The van der Waals surface area contributed by atoms with Crippen LogP contribution in [-0.4, -0.2) is 74.5 Å². The van der Waals surface area contributed by atoms with Crippen LogP contribution < -0.4 is 5.32 Å². The van der Waals surface area contributed by atoms with Crippen molar-refractivity contribution in [3.05, 3.63) is 36.4 Å². The molecule has 0 spiro atoms. The van der Waals surface area contributed by atoms with E-state index in [4.69, 9.17) is 0 Å². The van der Waals surface area contributed by atoms with Crippen LogP contribution in [0.25, 0.3) is 0 Å². The number of aromatic amines is 1. The van der Waals surface area contributed by atoms with E-state index in [-0.39, 0.29) is 17.4 Å². The normalized spacial score (nSPS) is 25.7. The third-order valence-corrected chi connectivity index (χ3v) is 6.75. The molecule has 158 valence electrons. The van der Waals surface area contributed by atoms with E-state index in [2.05, 4.69) is 48.6 Å². The maximum atomic E-state index is 13.4. The number of carbonyl (C=O) groups is 1. The van der Waals surface area contributed by atoms with Crippen molar-refractivity contribution in [3.8, 4) is 0 Å². The summed E-state index contributed by atoms with van der Waals surface area (Å²) in [6.45, 7) is 7.41. The highest BCUT2D eigenvalue weighted by Gasteiger charge is 2.52. The van der Waals surface area contributed by atoms with E-state index < -0.39 is 0 Å². The molecule has 2 aliphatic heterocycles. The van der Waals surface area contributed by atoms with Gasteiger partial charge in [-0.2, -0.15) is 0 Å². The summed E-state index contributed by atoms with van der Waals surface area (Å²) in [7, 11) is 2.17. The Hall–Kier alpha value is -2.19. The molecule has 2 N–H and O–H groups in total. The number of aryl methyl sites for hydroxylation is 2. The zero-order valence-electron chi connectivity index (χ0n) is 17.6. The van der Waals surface area contributed by atoms with Crippen molar-refractivity contribution in [1.29, 1.82) is 0 Å². The number of fused-ring (bicyclic) bond motifs is 1. The van der Waals surface area contributed by atoms with Gasteiger partial charge >= 0.3 is 0 Å². The highest BCUT2D eigenvalue weighted by atomic mass is 16.2. The van der Waals surface area contributed by atoms with Gasteiger partial charge in [-0.05, 0) is 52.7 Å². The maximum Gasteiger partial charge on any atom is 0.227 e. The molecule has 0 aromatic carbocycles. The molecular weight excluding hydrogens is 366 g/mol. The number of amides is 1. The minimum atomic E-state index is -0.288. The molecule has 8 heteroatoms. The molecule has 4 rings (SSSR count). The van der Waals surface area contributed by atoms with Crippen molar-refractivity contribution in [2.75, 3.05) is 33.2 Å². The fourth-order valence-electron chi connectivity index (χ4n) is 4.99. The molecule has 2 aromatic heterocycles. The molecular formula is C21H33N7O. The number of hydrogen-bond donors (Lipinski definition) is 2. The van der Waals surface area contributed by atoms with E-state index in [9.17, 15) is 4.79 Å². The van der Waals surface area contributed by atoms with Crippen LogP contribution in [0.5, 0.6) is 0 Å². The molecule has 2 aliphatic rings. The van der Waals surface area contributed by atoms with Crippen LogP contribution >= 0.6 is 0 Å². The number of likely N-dealkylation sites (N-methyl/N-ethyl adjacent to an activating group) is 1. The highest BCUT2D eigenvalue weighted by Crippen LogP contribution is 2.43. The second kappa shape index (κ2) is 8.67. The lowest BCUT2D eigenvalue weighted by atomic mass is 9.67. The van der Waals surface area contributed by atoms with Gasteiger partial charge in [0.05, 0.1) is 23.8 Å². The summed E-state index contributed by atoms with van der Waals surface area (Å²) in [5.74, 6) is 0.240. The van der Waals surface area contributed by atoms with Crippen molar-refractivity contribution in [3.63, 3.8) is 0 Å². The Morgan fingerprint density at radius 2 is 2.28 bits per heavy atom. The molecule has 2 fully saturated rings. The van der Waals surface area contributed by atoms with Gasteiger partial charge in [0.1, 0.15) is 0 Å². The Labute approximate surface area is 172 Å². The van der Waals surface area contributed by atoms with Gasteiger partial charge in [-0.25, -0.2) is 9.97 Å². The standard InChI is InChI=1S/C21H33N7O/c1-17-18(25-15-24-17)13-28-10-3-5-21(6-11-26(2)14-19(21)28)20(29)23-7-4-9-27-12-8-22-16-27/h8,12,15-16,19H,3-7,9-11,13-14H2,1-2H3,(H,23,29)(H,24,25)/t19-,21+/m0/s1. The van der Waals surface area contributed by atoms with Gasteiger partial charge in [0, 0.05) is 50.3 Å². The highest BCUT2D eigenvalue weighted by molar-refractivity contribution is 5.83. The second-order valence-corrected chi connectivity index (χ2v) is 8.64. The molecule has 29 heavy (non-hydrogen) atoms.